The number of methoxy groups -OCH3 is 1. The molecule has 0 radical (unpaired) electrons. The van der Waals surface area contributed by atoms with Crippen LogP contribution in [-0.2, 0) is 12.0 Å². The number of amides is 2. The summed E-state index contributed by atoms with van der Waals surface area (Å²) >= 11 is 0. The fourth-order valence-corrected chi connectivity index (χ4v) is 5.27. The molecule has 8 nitrogen and oxygen atoms in total. The third kappa shape index (κ3) is 4.74. The molecule has 212 valence electrons. The van der Waals surface area contributed by atoms with Crippen molar-refractivity contribution >= 4 is 22.8 Å². The Balaban J connectivity index is 1.37. The molecule has 1 saturated carbocycles. The van der Waals surface area contributed by atoms with Gasteiger partial charge in [-0.25, -0.2) is 18.7 Å². The van der Waals surface area contributed by atoms with Crippen molar-refractivity contribution in [1.82, 2.24) is 15.3 Å². The van der Waals surface area contributed by atoms with Crippen molar-refractivity contribution in [1.29, 1.82) is 0 Å². The minimum atomic E-state index is -0.874. The number of hydrogen-bond acceptors (Lipinski definition) is 6. The van der Waals surface area contributed by atoms with Gasteiger partial charge in [-0.2, -0.15) is 0 Å². The molecule has 10 heteroatoms. The summed E-state index contributed by atoms with van der Waals surface area (Å²) in [6.07, 6.45) is 4.69. The van der Waals surface area contributed by atoms with E-state index in [-0.39, 0.29) is 40.2 Å². The zero-order valence-electron chi connectivity index (χ0n) is 22.8. The first-order chi connectivity index (χ1) is 20.2. The van der Waals surface area contributed by atoms with Gasteiger partial charge in [0.25, 0.3) is 11.8 Å². The summed E-state index contributed by atoms with van der Waals surface area (Å²) in [5, 5.41) is 3.04. The zero-order chi connectivity index (χ0) is 29.6. The van der Waals surface area contributed by atoms with Crippen molar-refractivity contribution in [2.75, 3.05) is 7.11 Å². The molecular weight excluding hydrogens is 542 g/mol. The molecule has 3 N–H and O–H groups in total. The standard InChI is InChI=1S/C32H26F2N4O4/c1-17-13-24(41-2)22(31(40)38-32(10-11-32)25-9-12-36-16-37-25)15-20(17)14-19-5-8-23-26(28(19)34)27(30(35)39)29(42-23)18-3-6-21(33)7-4-18/h3-9,12-13,15-16H,10-11,14H2,1-2H3,(H2,35,39)(H,38,40). The Hall–Kier alpha value is -5.12. The van der Waals surface area contributed by atoms with Gasteiger partial charge in [0.1, 0.15) is 35.1 Å². The number of ether oxygens (including phenoxy) is 1. The molecule has 0 atom stereocenters. The van der Waals surface area contributed by atoms with E-state index in [9.17, 15) is 14.0 Å². The smallest absolute Gasteiger partial charge is 0.255 e. The summed E-state index contributed by atoms with van der Waals surface area (Å²) in [5.74, 6) is -1.89. The van der Waals surface area contributed by atoms with Crippen LogP contribution in [0.4, 0.5) is 8.78 Å². The van der Waals surface area contributed by atoms with Gasteiger partial charge in [0.05, 0.1) is 34.9 Å². The zero-order valence-corrected chi connectivity index (χ0v) is 22.8. The topological polar surface area (TPSA) is 120 Å². The third-order valence-corrected chi connectivity index (χ3v) is 7.68. The maximum Gasteiger partial charge on any atom is 0.255 e. The number of benzene rings is 3. The quantitative estimate of drug-likeness (QED) is 0.252. The van der Waals surface area contributed by atoms with Crippen LogP contribution in [0, 0.1) is 18.6 Å². The Bertz CT molecular complexity index is 1850. The van der Waals surface area contributed by atoms with Gasteiger partial charge in [0.15, 0.2) is 0 Å². The molecule has 5 aromatic rings. The number of aromatic nitrogens is 2. The van der Waals surface area contributed by atoms with Gasteiger partial charge in [0.2, 0.25) is 0 Å². The predicted molar refractivity (Wildman–Crippen MR) is 151 cm³/mol. The van der Waals surface area contributed by atoms with Gasteiger partial charge in [-0.05, 0) is 85.0 Å². The van der Waals surface area contributed by atoms with Gasteiger partial charge < -0.3 is 20.2 Å². The molecule has 42 heavy (non-hydrogen) atoms. The number of carbonyl (C=O) groups is 2. The lowest BCUT2D eigenvalue weighted by molar-refractivity contribution is 0.0925. The number of halogens is 2. The second-order valence-electron chi connectivity index (χ2n) is 10.4. The Morgan fingerprint density at radius 1 is 1.07 bits per heavy atom. The molecule has 2 aromatic heterocycles. The molecule has 2 heterocycles. The number of nitrogens with two attached hydrogens (primary N) is 1. The maximum atomic E-state index is 16.1. The molecule has 6 rings (SSSR count). The van der Waals surface area contributed by atoms with E-state index in [0.29, 0.717) is 22.4 Å². The maximum absolute atomic E-state index is 16.1. The number of hydrogen-bond donors (Lipinski definition) is 2. The van der Waals surface area contributed by atoms with Crippen molar-refractivity contribution in [3.8, 4) is 17.1 Å². The number of rotatable bonds is 8. The largest absolute Gasteiger partial charge is 0.496 e. The minimum Gasteiger partial charge on any atom is -0.496 e. The molecular formula is C32H26F2N4O4. The average molecular weight is 569 g/mol. The third-order valence-electron chi connectivity index (χ3n) is 7.68. The van der Waals surface area contributed by atoms with Gasteiger partial charge in [0, 0.05) is 18.2 Å². The Morgan fingerprint density at radius 3 is 2.48 bits per heavy atom. The average Bonchev–Trinajstić information content (AvgIpc) is 3.66. The van der Waals surface area contributed by atoms with Gasteiger partial charge >= 0.3 is 0 Å². The van der Waals surface area contributed by atoms with Crippen LogP contribution in [0.3, 0.4) is 0 Å². The summed E-state index contributed by atoms with van der Waals surface area (Å²) in [7, 11) is 1.49. The highest BCUT2D eigenvalue weighted by Gasteiger charge is 2.47. The number of nitrogens with one attached hydrogen (secondary N) is 1. The summed E-state index contributed by atoms with van der Waals surface area (Å²) in [6.45, 7) is 1.85. The SMILES string of the molecule is COc1cc(C)c(Cc2ccc3oc(-c4ccc(F)cc4)c(C(N)=O)c3c2F)cc1C(=O)NC1(c2ccncn2)CC1. The van der Waals surface area contributed by atoms with Crippen LogP contribution in [0.5, 0.6) is 5.75 Å². The highest BCUT2D eigenvalue weighted by atomic mass is 19.1. The first-order valence-electron chi connectivity index (χ1n) is 13.3. The molecule has 0 bridgehead atoms. The molecule has 1 aliphatic carbocycles. The predicted octanol–water partition coefficient (Wildman–Crippen LogP) is 5.59. The Kier molecular flexibility index (Phi) is 6.68. The van der Waals surface area contributed by atoms with E-state index in [4.69, 9.17) is 14.9 Å². The van der Waals surface area contributed by atoms with E-state index >= 15 is 4.39 Å². The van der Waals surface area contributed by atoms with E-state index < -0.39 is 23.1 Å². The lowest BCUT2D eigenvalue weighted by Gasteiger charge is -2.19. The second-order valence-corrected chi connectivity index (χ2v) is 10.4. The fourth-order valence-electron chi connectivity index (χ4n) is 5.27. The van der Waals surface area contributed by atoms with E-state index in [0.717, 1.165) is 24.1 Å². The van der Waals surface area contributed by atoms with Crippen LogP contribution in [0.1, 0.15) is 55.9 Å². The molecule has 3 aromatic carbocycles. The number of aryl methyl sites for hydroxylation is 1. The van der Waals surface area contributed by atoms with Crippen LogP contribution in [0.2, 0.25) is 0 Å². The second kappa shape index (κ2) is 10.4. The molecule has 0 aliphatic heterocycles. The first-order valence-corrected chi connectivity index (χ1v) is 13.3. The van der Waals surface area contributed by atoms with E-state index in [2.05, 4.69) is 15.3 Å². The van der Waals surface area contributed by atoms with E-state index in [1.807, 2.05) is 6.92 Å². The number of furan rings is 1. The van der Waals surface area contributed by atoms with Gasteiger partial charge in [-0.3, -0.25) is 9.59 Å². The van der Waals surface area contributed by atoms with Crippen molar-refractivity contribution < 1.29 is 27.5 Å². The molecule has 1 aliphatic rings. The van der Waals surface area contributed by atoms with Crippen molar-refractivity contribution in [3.63, 3.8) is 0 Å². The molecule has 2 amide bonds. The monoisotopic (exact) mass is 568 g/mol. The highest BCUT2D eigenvalue weighted by molar-refractivity contribution is 6.11. The number of carbonyl (C=O) groups excluding carboxylic acids is 2. The number of fused-ring (bicyclic) bond motifs is 1. The van der Waals surface area contributed by atoms with Crippen LogP contribution in [0.25, 0.3) is 22.3 Å². The fraction of sp³-hybridized carbons (Fsp3) is 0.188. The molecule has 0 unspecified atom stereocenters. The van der Waals surface area contributed by atoms with E-state index in [1.165, 1.54) is 37.7 Å². The van der Waals surface area contributed by atoms with Crippen LogP contribution < -0.4 is 15.8 Å². The van der Waals surface area contributed by atoms with Crippen molar-refractivity contribution in [3.05, 3.63) is 112 Å². The number of nitrogens with zero attached hydrogens (tertiary/aromatic N) is 2. The Morgan fingerprint density at radius 2 is 1.83 bits per heavy atom. The van der Waals surface area contributed by atoms with Crippen LogP contribution in [-0.4, -0.2) is 28.9 Å². The summed E-state index contributed by atoms with van der Waals surface area (Å²) in [4.78, 5) is 34.2. The normalized spacial score (nSPS) is 13.6. The highest BCUT2D eigenvalue weighted by Crippen LogP contribution is 2.45. The van der Waals surface area contributed by atoms with Crippen molar-refractivity contribution in [2.24, 2.45) is 5.73 Å². The summed E-state index contributed by atoms with van der Waals surface area (Å²) in [5.41, 5.74) is 8.29. The summed E-state index contributed by atoms with van der Waals surface area (Å²) in [6, 6.07) is 13.6. The lowest BCUT2D eigenvalue weighted by Crippen LogP contribution is -2.35. The lowest BCUT2D eigenvalue weighted by atomic mass is 9.95. The molecule has 1 fully saturated rings. The van der Waals surface area contributed by atoms with E-state index in [1.54, 1.807) is 36.5 Å². The summed E-state index contributed by atoms with van der Waals surface area (Å²) < 4.78 is 40.9. The van der Waals surface area contributed by atoms with Crippen molar-refractivity contribution in [2.45, 2.75) is 31.7 Å². The van der Waals surface area contributed by atoms with Gasteiger partial charge in [-0.1, -0.05) is 6.07 Å². The minimum absolute atomic E-state index is 0.0519. The van der Waals surface area contributed by atoms with Crippen LogP contribution >= 0.6 is 0 Å². The molecule has 0 saturated heterocycles. The van der Waals surface area contributed by atoms with Crippen LogP contribution in [0.15, 0.2) is 71.5 Å². The number of primary amides is 1. The molecule has 0 spiro atoms. The Labute approximate surface area is 239 Å². The first kappa shape index (κ1) is 27.1. The van der Waals surface area contributed by atoms with Gasteiger partial charge in [-0.15, -0.1) is 0 Å².